The van der Waals surface area contributed by atoms with Crippen molar-refractivity contribution in [2.24, 2.45) is 0 Å². The number of H-pyrrole nitrogens is 1. The summed E-state index contributed by atoms with van der Waals surface area (Å²) in [6.45, 7) is 3.93. The molecule has 0 radical (unpaired) electrons. The van der Waals surface area contributed by atoms with Crippen molar-refractivity contribution >= 4 is 40.7 Å². The van der Waals surface area contributed by atoms with Gasteiger partial charge in [-0.3, -0.25) is 19.8 Å². The first-order valence-electron chi connectivity index (χ1n) is 13.4. The van der Waals surface area contributed by atoms with Crippen LogP contribution in [0.4, 0.5) is 4.39 Å². The van der Waals surface area contributed by atoms with Gasteiger partial charge < -0.3 is 10.1 Å². The van der Waals surface area contributed by atoms with E-state index in [9.17, 15) is 9.18 Å². The Kier molecular flexibility index (Phi) is 7.60. The number of nitrogens with one attached hydrogen (secondary N) is 2. The molecule has 2 aromatic heterocycles. The fourth-order valence-electron chi connectivity index (χ4n) is 4.68. The topological polar surface area (TPSA) is 83.1 Å². The molecular formula is C30H30FN5O2S. The van der Waals surface area contributed by atoms with Gasteiger partial charge in [0.15, 0.2) is 0 Å². The van der Waals surface area contributed by atoms with E-state index in [2.05, 4.69) is 25.4 Å². The summed E-state index contributed by atoms with van der Waals surface area (Å²) in [5, 5.41) is 11.4. The molecule has 1 saturated carbocycles. The van der Waals surface area contributed by atoms with E-state index in [1.165, 1.54) is 30.7 Å². The Morgan fingerprint density at radius 2 is 2.03 bits per heavy atom. The second-order valence-electron chi connectivity index (χ2n) is 9.93. The molecule has 9 heteroatoms. The largest absolute Gasteiger partial charge is 0.492 e. The molecule has 200 valence electrons. The number of carbonyl (C=O) groups is 1. The Hall–Kier alpha value is -3.69. The van der Waals surface area contributed by atoms with Crippen LogP contribution in [-0.2, 0) is 0 Å². The molecule has 2 aromatic carbocycles. The number of amides is 1. The lowest BCUT2D eigenvalue weighted by molar-refractivity contribution is 0.0947. The Morgan fingerprint density at radius 3 is 2.87 bits per heavy atom. The lowest BCUT2D eigenvalue weighted by Crippen LogP contribution is -2.26. The molecule has 2 aliphatic rings. The molecule has 1 saturated heterocycles. The van der Waals surface area contributed by atoms with Crippen LogP contribution in [0.1, 0.15) is 47.4 Å². The van der Waals surface area contributed by atoms with Gasteiger partial charge in [-0.1, -0.05) is 17.8 Å². The summed E-state index contributed by atoms with van der Waals surface area (Å²) in [5.41, 5.74) is 2.74. The highest BCUT2D eigenvalue weighted by molar-refractivity contribution is 7.99. The summed E-state index contributed by atoms with van der Waals surface area (Å²) >= 11 is 1.24. The number of aromatic nitrogens is 3. The number of benzene rings is 2. The number of pyridine rings is 1. The smallest absolute Gasteiger partial charge is 0.252 e. The van der Waals surface area contributed by atoms with Crippen LogP contribution in [0.3, 0.4) is 0 Å². The van der Waals surface area contributed by atoms with Crippen molar-refractivity contribution in [1.29, 1.82) is 0 Å². The molecule has 0 atom stereocenters. The van der Waals surface area contributed by atoms with Crippen LogP contribution >= 0.6 is 11.8 Å². The molecule has 39 heavy (non-hydrogen) atoms. The molecule has 1 aliphatic carbocycles. The third-order valence-electron chi connectivity index (χ3n) is 6.95. The zero-order chi connectivity index (χ0) is 26.6. The van der Waals surface area contributed by atoms with Crippen LogP contribution in [0.15, 0.2) is 64.5 Å². The van der Waals surface area contributed by atoms with E-state index >= 15 is 0 Å². The minimum Gasteiger partial charge on any atom is -0.492 e. The summed E-state index contributed by atoms with van der Waals surface area (Å²) in [7, 11) is 0. The number of fused-ring (bicyclic) bond motifs is 1. The molecule has 2 N–H and O–H groups in total. The summed E-state index contributed by atoms with van der Waals surface area (Å²) in [5.74, 6) is 0.159. The molecule has 7 nitrogen and oxygen atoms in total. The van der Waals surface area contributed by atoms with Crippen molar-refractivity contribution in [3.63, 3.8) is 0 Å². The first-order chi connectivity index (χ1) is 19.1. The van der Waals surface area contributed by atoms with E-state index in [1.807, 2.05) is 42.5 Å². The van der Waals surface area contributed by atoms with Crippen LogP contribution in [0.2, 0.25) is 0 Å². The number of halogens is 1. The monoisotopic (exact) mass is 543 g/mol. The van der Waals surface area contributed by atoms with E-state index in [1.54, 1.807) is 18.3 Å². The number of likely N-dealkylation sites (tertiary alicyclic amines) is 1. The summed E-state index contributed by atoms with van der Waals surface area (Å²) in [4.78, 5) is 20.7. The highest BCUT2D eigenvalue weighted by atomic mass is 32.2. The molecule has 3 heterocycles. The molecule has 6 rings (SSSR count). The highest BCUT2D eigenvalue weighted by Crippen LogP contribution is 2.35. The molecule has 0 bridgehead atoms. The number of aromatic amines is 1. The first kappa shape index (κ1) is 25.6. The molecule has 1 aliphatic heterocycles. The number of nitrogens with zero attached hydrogens (tertiary/aromatic N) is 3. The Morgan fingerprint density at radius 1 is 1.15 bits per heavy atom. The molecule has 1 amide bonds. The van der Waals surface area contributed by atoms with Crippen molar-refractivity contribution in [3.05, 3.63) is 77.5 Å². The quantitative estimate of drug-likeness (QED) is 0.264. The second kappa shape index (κ2) is 11.6. The highest BCUT2D eigenvalue weighted by Gasteiger charge is 2.26. The van der Waals surface area contributed by atoms with Crippen LogP contribution in [0.5, 0.6) is 5.75 Å². The molecule has 2 fully saturated rings. The molecular weight excluding hydrogens is 513 g/mol. The SMILES string of the molecule is O=C(NC1CC1)c1cccc(F)c1Sc1ccc2c(/C=C/c3cc(OCCN4CCCC4)ccn3)n[nH]c2c1. The van der Waals surface area contributed by atoms with E-state index in [4.69, 9.17) is 4.74 Å². The van der Waals surface area contributed by atoms with E-state index in [0.717, 1.165) is 65.4 Å². The summed E-state index contributed by atoms with van der Waals surface area (Å²) < 4.78 is 20.7. The van der Waals surface area contributed by atoms with E-state index in [-0.39, 0.29) is 11.9 Å². The zero-order valence-electron chi connectivity index (χ0n) is 21.5. The summed E-state index contributed by atoms with van der Waals surface area (Å²) in [6, 6.07) is 14.4. The fourth-order valence-corrected chi connectivity index (χ4v) is 5.67. The van der Waals surface area contributed by atoms with Crippen LogP contribution < -0.4 is 10.1 Å². The summed E-state index contributed by atoms with van der Waals surface area (Å²) in [6.07, 6.45) is 10.1. The predicted octanol–water partition coefficient (Wildman–Crippen LogP) is 5.79. The standard InChI is InChI=1S/C30H30FN5O2S/c31-26-5-3-4-25(30(37)33-20-6-7-20)29(26)39-23-9-10-24-27(34-35-28(24)19-23)11-8-21-18-22(12-13-32-21)38-17-16-36-14-1-2-15-36/h3-5,8-13,18-20H,1-2,6-7,14-17H2,(H,33,37)(H,34,35)/b11-8+. The van der Waals surface area contributed by atoms with Crippen LogP contribution in [0.25, 0.3) is 23.1 Å². The average molecular weight is 544 g/mol. The maximum absolute atomic E-state index is 14.7. The third kappa shape index (κ3) is 6.32. The lowest BCUT2D eigenvalue weighted by atomic mass is 10.2. The molecule has 0 unspecified atom stereocenters. The van der Waals surface area contributed by atoms with E-state index < -0.39 is 5.82 Å². The van der Waals surface area contributed by atoms with Crippen molar-refractivity contribution in [2.75, 3.05) is 26.2 Å². The number of ether oxygens (including phenoxy) is 1. The van der Waals surface area contributed by atoms with Crippen molar-refractivity contribution in [2.45, 2.75) is 41.5 Å². The van der Waals surface area contributed by atoms with Gasteiger partial charge in [-0.25, -0.2) is 4.39 Å². The Balaban J connectivity index is 1.14. The number of rotatable bonds is 10. The van der Waals surface area contributed by atoms with Crippen LogP contribution in [-0.4, -0.2) is 58.3 Å². The van der Waals surface area contributed by atoms with Gasteiger partial charge in [0.2, 0.25) is 0 Å². The molecule has 0 spiro atoms. The van der Waals surface area contributed by atoms with Crippen molar-refractivity contribution < 1.29 is 13.9 Å². The minimum atomic E-state index is -0.411. The van der Waals surface area contributed by atoms with Gasteiger partial charge in [-0.15, -0.1) is 0 Å². The zero-order valence-corrected chi connectivity index (χ0v) is 22.3. The van der Waals surface area contributed by atoms with Gasteiger partial charge in [0, 0.05) is 35.1 Å². The maximum Gasteiger partial charge on any atom is 0.252 e. The van der Waals surface area contributed by atoms with Crippen molar-refractivity contribution in [3.8, 4) is 5.75 Å². The average Bonchev–Trinajstić information content (AvgIpc) is 3.43. The predicted molar refractivity (Wildman–Crippen MR) is 151 cm³/mol. The van der Waals surface area contributed by atoms with Gasteiger partial charge in [0.05, 0.1) is 27.4 Å². The van der Waals surface area contributed by atoms with Crippen molar-refractivity contribution in [1.82, 2.24) is 25.4 Å². The van der Waals surface area contributed by atoms with Crippen LogP contribution in [0, 0.1) is 5.82 Å². The van der Waals surface area contributed by atoms with Gasteiger partial charge in [-0.2, -0.15) is 5.10 Å². The Bertz CT molecular complexity index is 1510. The normalized spacial score (nSPS) is 15.8. The number of hydrogen-bond acceptors (Lipinski definition) is 6. The third-order valence-corrected chi connectivity index (χ3v) is 8.06. The minimum absolute atomic E-state index is 0.205. The second-order valence-corrected chi connectivity index (χ2v) is 11.0. The van der Waals surface area contributed by atoms with Gasteiger partial charge in [0.1, 0.15) is 18.2 Å². The fraction of sp³-hybridized carbons (Fsp3) is 0.300. The number of hydrogen-bond donors (Lipinski definition) is 2. The van der Waals surface area contributed by atoms with Gasteiger partial charge in [0.25, 0.3) is 5.91 Å². The molecule has 4 aromatic rings. The van der Waals surface area contributed by atoms with E-state index in [0.29, 0.717) is 17.1 Å². The first-order valence-corrected chi connectivity index (χ1v) is 14.2. The lowest BCUT2D eigenvalue weighted by Gasteiger charge is -2.14. The maximum atomic E-state index is 14.7. The van der Waals surface area contributed by atoms with Gasteiger partial charge in [-0.05, 0) is 87.3 Å². The Labute approximate surface area is 230 Å². The number of carbonyl (C=O) groups excluding carboxylic acids is 1. The van der Waals surface area contributed by atoms with Gasteiger partial charge >= 0.3 is 0 Å².